The fraction of sp³-hybridized carbons (Fsp3) is 0.250. The minimum atomic E-state index is -0.997. The molecule has 1 aromatic carbocycles. The van der Waals surface area contributed by atoms with E-state index in [1.807, 2.05) is 0 Å². The van der Waals surface area contributed by atoms with Gasteiger partial charge < -0.3 is 24.9 Å². The highest BCUT2D eigenvalue weighted by Crippen LogP contribution is 2.31. The summed E-state index contributed by atoms with van der Waals surface area (Å²) in [5.41, 5.74) is 1.18. The third kappa shape index (κ3) is 4.36. The molecule has 0 saturated carbocycles. The van der Waals surface area contributed by atoms with E-state index in [9.17, 15) is 14.9 Å². The molecule has 2 rings (SSSR count). The van der Waals surface area contributed by atoms with Gasteiger partial charge in [0.05, 0.1) is 12.8 Å². The minimum absolute atomic E-state index is 0.0885. The number of nitrogens with zero attached hydrogens (tertiary/aromatic N) is 2. The van der Waals surface area contributed by atoms with E-state index in [0.717, 1.165) is 5.56 Å². The molecule has 0 saturated heterocycles. The summed E-state index contributed by atoms with van der Waals surface area (Å²) in [6, 6.07) is 6.11. The van der Waals surface area contributed by atoms with Crippen LogP contribution in [0.3, 0.4) is 0 Å². The summed E-state index contributed by atoms with van der Waals surface area (Å²) in [4.78, 5) is 26.3. The second kappa shape index (κ2) is 7.80. The predicted molar refractivity (Wildman–Crippen MR) is 92.4 cm³/mol. The van der Waals surface area contributed by atoms with Gasteiger partial charge in [-0.25, -0.2) is 0 Å². The number of nitrogens with one attached hydrogen (secondary N) is 1. The molecule has 25 heavy (non-hydrogen) atoms. The van der Waals surface area contributed by atoms with Gasteiger partial charge >= 0.3 is 5.82 Å². The Balaban J connectivity index is 2.17. The fourth-order valence-corrected chi connectivity index (χ4v) is 2.17. The van der Waals surface area contributed by atoms with Gasteiger partial charge in [-0.3, -0.25) is 4.79 Å². The average Bonchev–Trinajstić information content (AvgIpc) is 2.58. The molecule has 0 aliphatic carbocycles. The van der Waals surface area contributed by atoms with Crippen molar-refractivity contribution in [1.82, 2.24) is 4.98 Å². The maximum Gasteiger partial charge on any atom is 0.406 e. The first kappa shape index (κ1) is 18.5. The molecule has 132 valence electrons. The van der Waals surface area contributed by atoms with Crippen LogP contribution in [-0.4, -0.2) is 29.0 Å². The summed E-state index contributed by atoms with van der Waals surface area (Å²) >= 11 is 6.03. The largest absolute Gasteiger partial charge is 0.495 e. The van der Waals surface area contributed by atoms with Crippen molar-refractivity contribution in [1.29, 1.82) is 0 Å². The van der Waals surface area contributed by atoms with Crippen LogP contribution in [-0.2, 0) is 4.79 Å². The lowest BCUT2D eigenvalue weighted by atomic mass is 10.2. The molecule has 1 N–H and O–H groups in total. The lowest BCUT2D eigenvalue weighted by Crippen LogP contribution is -2.30. The summed E-state index contributed by atoms with van der Waals surface area (Å²) in [7, 11) is 1.45. The SMILES string of the molecule is COc1cc(Cl)c(C)cc1NC(=O)C(C)Oc1cccnc1[N+](=O)[O-]. The highest BCUT2D eigenvalue weighted by molar-refractivity contribution is 6.31. The summed E-state index contributed by atoms with van der Waals surface area (Å²) in [6.45, 7) is 3.26. The van der Waals surface area contributed by atoms with Crippen molar-refractivity contribution in [3.8, 4) is 11.5 Å². The molecule has 0 aliphatic rings. The van der Waals surface area contributed by atoms with E-state index >= 15 is 0 Å². The predicted octanol–water partition coefficient (Wildman–Crippen LogP) is 3.37. The molecular weight excluding hydrogens is 350 g/mol. The summed E-state index contributed by atoms with van der Waals surface area (Å²) in [5.74, 6) is -0.654. The number of ether oxygens (including phenoxy) is 2. The third-order valence-electron chi connectivity index (χ3n) is 3.34. The van der Waals surface area contributed by atoms with Crippen molar-refractivity contribution >= 4 is 29.0 Å². The van der Waals surface area contributed by atoms with E-state index in [-0.39, 0.29) is 5.75 Å². The Labute approximate surface area is 148 Å². The lowest BCUT2D eigenvalue weighted by molar-refractivity contribution is -0.390. The summed E-state index contributed by atoms with van der Waals surface area (Å²) < 4.78 is 10.6. The number of nitro groups is 1. The van der Waals surface area contributed by atoms with Gasteiger partial charge in [0.2, 0.25) is 5.75 Å². The first-order valence-electron chi connectivity index (χ1n) is 7.24. The molecule has 2 aromatic rings. The average molecular weight is 366 g/mol. The number of aryl methyl sites for hydroxylation is 1. The molecular formula is C16H16ClN3O5. The third-order valence-corrected chi connectivity index (χ3v) is 3.74. The van der Waals surface area contributed by atoms with E-state index in [4.69, 9.17) is 21.1 Å². The van der Waals surface area contributed by atoms with Crippen molar-refractivity contribution in [2.24, 2.45) is 0 Å². The fourth-order valence-electron chi connectivity index (χ4n) is 2.02. The first-order chi connectivity index (χ1) is 11.8. The van der Waals surface area contributed by atoms with Gasteiger partial charge in [0.1, 0.15) is 11.9 Å². The Hall–Kier alpha value is -2.87. The molecule has 1 amide bonds. The van der Waals surface area contributed by atoms with Crippen LogP contribution in [0.15, 0.2) is 30.5 Å². The zero-order valence-corrected chi connectivity index (χ0v) is 14.5. The Bertz CT molecular complexity index is 812. The molecule has 1 atom stereocenters. The molecule has 1 aromatic heterocycles. The molecule has 1 heterocycles. The smallest absolute Gasteiger partial charge is 0.406 e. The molecule has 0 fully saturated rings. The van der Waals surface area contributed by atoms with Crippen LogP contribution in [0, 0.1) is 17.0 Å². The van der Waals surface area contributed by atoms with Gasteiger partial charge in [-0.05, 0) is 47.5 Å². The topological polar surface area (TPSA) is 104 Å². The van der Waals surface area contributed by atoms with E-state index in [1.165, 1.54) is 32.4 Å². The minimum Gasteiger partial charge on any atom is -0.495 e. The van der Waals surface area contributed by atoms with Crippen LogP contribution < -0.4 is 14.8 Å². The van der Waals surface area contributed by atoms with Gasteiger partial charge in [0, 0.05) is 11.1 Å². The number of amides is 1. The number of aromatic nitrogens is 1. The molecule has 0 bridgehead atoms. The standard InChI is InChI=1S/C16H16ClN3O5/c1-9-7-12(14(24-3)8-11(9)17)19-16(21)10(2)25-13-5-4-6-18-15(13)20(22)23/h4-8,10H,1-3H3,(H,19,21). The van der Waals surface area contributed by atoms with E-state index in [2.05, 4.69) is 10.3 Å². The van der Waals surface area contributed by atoms with Crippen molar-refractivity contribution in [2.75, 3.05) is 12.4 Å². The number of rotatable bonds is 6. The lowest BCUT2D eigenvalue weighted by Gasteiger charge is -2.16. The quantitative estimate of drug-likeness (QED) is 0.621. The molecule has 0 spiro atoms. The molecule has 8 nitrogen and oxygen atoms in total. The number of pyridine rings is 1. The van der Waals surface area contributed by atoms with Gasteiger partial charge in [-0.15, -0.1) is 0 Å². The van der Waals surface area contributed by atoms with Crippen molar-refractivity contribution in [3.63, 3.8) is 0 Å². The van der Waals surface area contributed by atoms with Crippen LogP contribution in [0.25, 0.3) is 0 Å². The normalized spacial score (nSPS) is 11.5. The number of carbonyl (C=O) groups excluding carboxylic acids is 1. The first-order valence-corrected chi connectivity index (χ1v) is 7.62. The monoisotopic (exact) mass is 365 g/mol. The second-order valence-corrected chi connectivity index (χ2v) is 5.54. The number of anilines is 1. The van der Waals surface area contributed by atoms with Gasteiger partial charge in [-0.2, -0.15) is 0 Å². The van der Waals surface area contributed by atoms with Crippen LogP contribution in [0.4, 0.5) is 11.5 Å². The van der Waals surface area contributed by atoms with Crippen LogP contribution in [0.1, 0.15) is 12.5 Å². The molecule has 9 heteroatoms. The number of benzene rings is 1. The van der Waals surface area contributed by atoms with Gasteiger partial charge in [0.15, 0.2) is 6.10 Å². The van der Waals surface area contributed by atoms with Crippen molar-refractivity contribution in [2.45, 2.75) is 20.0 Å². The maximum atomic E-state index is 12.3. The zero-order valence-electron chi connectivity index (χ0n) is 13.8. The Kier molecular flexibility index (Phi) is 5.76. The van der Waals surface area contributed by atoms with Crippen LogP contribution in [0.5, 0.6) is 11.5 Å². The number of hydrogen-bond acceptors (Lipinski definition) is 6. The zero-order chi connectivity index (χ0) is 18.6. The molecule has 0 radical (unpaired) electrons. The maximum absolute atomic E-state index is 12.3. The number of halogens is 1. The van der Waals surface area contributed by atoms with Crippen molar-refractivity contribution < 1.29 is 19.2 Å². The highest BCUT2D eigenvalue weighted by atomic mass is 35.5. The van der Waals surface area contributed by atoms with E-state index in [0.29, 0.717) is 16.5 Å². The summed E-state index contributed by atoms with van der Waals surface area (Å²) in [5, 5.41) is 14.1. The van der Waals surface area contributed by atoms with E-state index in [1.54, 1.807) is 19.1 Å². The Morgan fingerprint density at radius 3 is 2.76 bits per heavy atom. The Morgan fingerprint density at radius 2 is 2.12 bits per heavy atom. The van der Waals surface area contributed by atoms with E-state index < -0.39 is 22.8 Å². The van der Waals surface area contributed by atoms with Crippen LogP contribution >= 0.6 is 11.6 Å². The number of hydrogen-bond donors (Lipinski definition) is 1. The second-order valence-electron chi connectivity index (χ2n) is 5.13. The van der Waals surface area contributed by atoms with Crippen molar-refractivity contribution in [3.05, 3.63) is 51.2 Å². The molecule has 1 unspecified atom stereocenters. The molecule has 0 aliphatic heterocycles. The summed E-state index contributed by atoms with van der Waals surface area (Å²) in [6.07, 6.45) is 0.278. The number of methoxy groups -OCH3 is 1. The van der Waals surface area contributed by atoms with Crippen LogP contribution in [0.2, 0.25) is 5.02 Å². The van der Waals surface area contributed by atoms with Gasteiger partial charge in [-0.1, -0.05) is 11.6 Å². The van der Waals surface area contributed by atoms with Gasteiger partial charge in [0.25, 0.3) is 5.91 Å². The highest BCUT2D eigenvalue weighted by Gasteiger charge is 2.22. The number of carbonyl (C=O) groups is 1. The Morgan fingerprint density at radius 1 is 1.40 bits per heavy atom.